The summed E-state index contributed by atoms with van der Waals surface area (Å²) in [5.74, 6) is -1.24. The van der Waals surface area contributed by atoms with Crippen LogP contribution in [0.15, 0.2) is 67.1 Å². The highest BCUT2D eigenvalue weighted by atomic mass is 35.5. The Morgan fingerprint density at radius 3 is 2.65 bits per heavy atom. The van der Waals surface area contributed by atoms with E-state index in [0.29, 0.717) is 49.1 Å². The smallest absolute Gasteiger partial charge is 0.322 e. The molecular weight excluding hydrogens is 841 g/mol. The van der Waals surface area contributed by atoms with Gasteiger partial charge in [0.15, 0.2) is 0 Å². The van der Waals surface area contributed by atoms with E-state index in [-0.39, 0.29) is 99.3 Å². The summed E-state index contributed by atoms with van der Waals surface area (Å²) in [6, 6.07) is 9.15. The first-order valence-corrected chi connectivity index (χ1v) is 20.5. The van der Waals surface area contributed by atoms with Crippen molar-refractivity contribution in [2.24, 2.45) is 13.0 Å². The van der Waals surface area contributed by atoms with Crippen molar-refractivity contribution >= 4 is 81.2 Å². The van der Waals surface area contributed by atoms with Gasteiger partial charge in [0, 0.05) is 86.9 Å². The van der Waals surface area contributed by atoms with E-state index in [1.807, 2.05) is 13.0 Å². The molecule has 6 amide bonds. The Labute approximate surface area is 365 Å². The summed E-state index contributed by atoms with van der Waals surface area (Å²) in [5, 5.41) is 13.9. The quantitative estimate of drug-likeness (QED) is 0.0947. The molecule has 62 heavy (non-hydrogen) atoms. The van der Waals surface area contributed by atoms with Crippen LogP contribution < -0.4 is 25.6 Å². The number of likely N-dealkylation sites (tertiary alicyclic amines) is 1. The summed E-state index contributed by atoms with van der Waals surface area (Å²) in [5.41, 5.74) is 4.44. The first kappa shape index (κ1) is 42.2. The number of ether oxygens (including phenoxy) is 2. The topological polar surface area (TPSA) is 209 Å². The number of benzene rings is 2. The minimum Gasteiger partial charge on any atom is -0.477 e. The lowest BCUT2D eigenvalue weighted by atomic mass is 10.0. The predicted molar refractivity (Wildman–Crippen MR) is 229 cm³/mol. The third-order valence-electron chi connectivity index (χ3n) is 11.2. The number of hydrogen-bond acceptors (Lipinski definition) is 11. The van der Waals surface area contributed by atoms with Crippen LogP contribution in [0.4, 0.5) is 22.1 Å². The maximum atomic E-state index is 14.0. The van der Waals surface area contributed by atoms with E-state index in [1.54, 1.807) is 72.7 Å². The second-order valence-corrected chi connectivity index (χ2v) is 16.3. The van der Waals surface area contributed by atoms with Gasteiger partial charge in [-0.1, -0.05) is 48.0 Å². The molecule has 5 aromatic rings. The predicted octanol–water partition coefficient (Wildman–Crippen LogP) is 4.64. The normalized spacial score (nSPS) is 18.5. The van der Waals surface area contributed by atoms with Crippen LogP contribution in [0.25, 0.3) is 11.0 Å². The molecule has 0 aliphatic carbocycles. The first-order valence-electron chi connectivity index (χ1n) is 19.8. The Hall–Kier alpha value is -6.50. The van der Waals surface area contributed by atoms with Crippen LogP contribution in [0, 0.1) is 12.8 Å². The zero-order valence-electron chi connectivity index (χ0n) is 34.0. The van der Waals surface area contributed by atoms with Crippen molar-refractivity contribution in [1.82, 2.24) is 45.2 Å². The SMILES string of the molecule is C=C(CN(C(=O)NCc1ccc2c(c1)CN(C1CCC(=O)NC1=O)C2=O)c1ccc(C)c(Cl)c1)C(=O)N1C[C@@H](COc2nc(Nc3cnn(C)c3)nc3[nH]cc(Cl)c23)[C@H](OC)C1. The highest BCUT2D eigenvalue weighted by Crippen LogP contribution is 2.33. The van der Waals surface area contributed by atoms with E-state index in [4.69, 9.17) is 32.7 Å². The minimum atomic E-state index is -0.739. The fraction of sp³-hybridized carbons (Fsp3) is 0.333. The van der Waals surface area contributed by atoms with Crippen molar-refractivity contribution in [2.75, 3.05) is 43.6 Å². The Bertz CT molecular complexity index is 2630. The van der Waals surface area contributed by atoms with E-state index in [9.17, 15) is 24.0 Å². The number of fused-ring (bicyclic) bond motifs is 2. The molecule has 20 heteroatoms. The summed E-state index contributed by atoms with van der Waals surface area (Å²) in [6.07, 6.45) is 5.05. The Balaban J connectivity index is 0.927. The average Bonchev–Trinajstić information content (AvgIpc) is 4.04. The molecule has 3 aromatic heterocycles. The molecular formula is C42H43Cl2N11O7. The summed E-state index contributed by atoms with van der Waals surface area (Å²) < 4.78 is 13.7. The monoisotopic (exact) mass is 883 g/mol. The van der Waals surface area contributed by atoms with Crippen LogP contribution in [0.5, 0.6) is 5.88 Å². The number of carbonyl (C=O) groups excluding carboxylic acids is 5. The third kappa shape index (κ3) is 8.66. The van der Waals surface area contributed by atoms with Crippen LogP contribution in [-0.4, -0.2) is 110 Å². The number of imide groups is 1. The average molecular weight is 885 g/mol. The molecule has 2 aromatic carbocycles. The van der Waals surface area contributed by atoms with Crippen molar-refractivity contribution in [1.29, 1.82) is 0 Å². The van der Waals surface area contributed by atoms with E-state index in [2.05, 4.69) is 42.6 Å². The first-order chi connectivity index (χ1) is 29.8. The van der Waals surface area contributed by atoms with Crippen molar-refractivity contribution in [3.05, 3.63) is 99.4 Å². The van der Waals surface area contributed by atoms with Gasteiger partial charge >= 0.3 is 6.03 Å². The Kier molecular flexibility index (Phi) is 11.9. The lowest BCUT2D eigenvalue weighted by Crippen LogP contribution is -2.52. The standard InChI is InChI=1S/C42H43Cl2N11O7/c1-22-5-7-28(12-30(22)43)54(42(60)46-13-24-6-8-29-25(11-24)18-55(40(29)59)32-9-10-34(56)49-37(32)57)16-23(2)39(58)53-17-26(33(20-53)61-4)21-62-38-35-31(44)15-45-36(35)50-41(51-38)48-27-14-47-52(3)19-27/h5-8,11-12,14-15,19,26,32-33H,2,9-10,13,16-18,20-21H2,1,3-4H3,(H,46,60)(H,49,56,57)(H2,45,48,50,51)/t26-,32?,33+/m0/s1. The highest BCUT2D eigenvalue weighted by Gasteiger charge is 2.40. The second kappa shape index (κ2) is 17.5. The molecule has 0 radical (unpaired) electrons. The van der Waals surface area contributed by atoms with Gasteiger partial charge in [-0.3, -0.25) is 34.1 Å². The summed E-state index contributed by atoms with van der Waals surface area (Å²) >= 11 is 13.0. The van der Waals surface area contributed by atoms with Gasteiger partial charge in [-0.2, -0.15) is 15.1 Å². The van der Waals surface area contributed by atoms with E-state index in [1.165, 1.54) is 9.80 Å². The Morgan fingerprint density at radius 2 is 1.90 bits per heavy atom. The number of aromatic nitrogens is 5. The number of anilines is 3. The lowest BCUT2D eigenvalue weighted by molar-refractivity contribution is -0.137. The van der Waals surface area contributed by atoms with Gasteiger partial charge < -0.3 is 34.9 Å². The largest absolute Gasteiger partial charge is 0.477 e. The number of piperidine rings is 1. The second-order valence-electron chi connectivity index (χ2n) is 15.5. The molecule has 6 heterocycles. The number of hydrogen-bond donors (Lipinski definition) is 4. The lowest BCUT2D eigenvalue weighted by Gasteiger charge is -2.29. The van der Waals surface area contributed by atoms with E-state index < -0.39 is 18.0 Å². The number of urea groups is 1. The number of methoxy groups -OCH3 is 1. The molecule has 0 spiro atoms. The highest BCUT2D eigenvalue weighted by molar-refractivity contribution is 6.36. The number of rotatable bonds is 13. The van der Waals surface area contributed by atoms with Crippen LogP contribution in [0.1, 0.15) is 39.9 Å². The van der Waals surface area contributed by atoms with E-state index in [0.717, 1.165) is 5.56 Å². The number of nitrogens with zero attached hydrogens (tertiary/aromatic N) is 7. The molecule has 2 fully saturated rings. The van der Waals surface area contributed by atoms with Gasteiger partial charge in [-0.25, -0.2) is 4.79 Å². The summed E-state index contributed by atoms with van der Waals surface area (Å²) in [4.78, 5) is 82.1. The number of halogens is 2. The molecule has 0 bridgehead atoms. The molecule has 3 aliphatic heterocycles. The third-order valence-corrected chi connectivity index (χ3v) is 11.9. The molecule has 18 nitrogen and oxygen atoms in total. The molecule has 4 N–H and O–H groups in total. The van der Waals surface area contributed by atoms with Crippen LogP contribution in [0.2, 0.25) is 10.0 Å². The van der Waals surface area contributed by atoms with Gasteiger partial charge in [0.1, 0.15) is 11.7 Å². The van der Waals surface area contributed by atoms with Gasteiger partial charge in [0.25, 0.3) is 11.8 Å². The van der Waals surface area contributed by atoms with Crippen molar-refractivity contribution in [2.45, 2.75) is 45.0 Å². The van der Waals surface area contributed by atoms with E-state index >= 15 is 0 Å². The van der Waals surface area contributed by atoms with Crippen LogP contribution >= 0.6 is 23.2 Å². The fourth-order valence-corrected chi connectivity index (χ4v) is 8.28. The number of H-pyrrole nitrogens is 1. The zero-order chi connectivity index (χ0) is 43.8. The van der Waals surface area contributed by atoms with Crippen LogP contribution in [-0.2, 0) is 39.3 Å². The maximum Gasteiger partial charge on any atom is 0.322 e. The minimum absolute atomic E-state index is 0.0895. The van der Waals surface area contributed by atoms with Gasteiger partial charge in [-0.15, -0.1) is 0 Å². The molecule has 2 saturated heterocycles. The van der Waals surface area contributed by atoms with Gasteiger partial charge in [-0.05, 0) is 48.2 Å². The molecule has 3 aliphatic rings. The molecule has 1 unspecified atom stereocenters. The van der Waals surface area contributed by atoms with Crippen molar-refractivity contribution < 1.29 is 33.4 Å². The van der Waals surface area contributed by atoms with Crippen molar-refractivity contribution in [3.8, 4) is 5.88 Å². The van der Waals surface area contributed by atoms with Gasteiger partial charge in [0.2, 0.25) is 23.6 Å². The Morgan fingerprint density at radius 1 is 1.08 bits per heavy atom. The number of carbonyl (C=O) groups is 5. The zero-order valence-corrected chi connectivity index (χ0v) is 35.5. The number of nitrogens with one attached hydrogen (secondary N) is 4. The van der Waals surface area contributed by atoms with Gasteiger partial charge in [0.05, 0.1) is 41.5 Å². The molecule has 322 valence electrons. The molecule has 0 saturated carbocycles. The number of amides is 6. The fourth-order valence-electron chi connectivity index (χ4n) is 7.88. The summed E-state index contributed by atoms with van der Waals surface area (Å²) in [7, 11) is 3.37. The number of aromatic amines is 1. The number of aryl methyl sites for hydroxylation is 2. The maximum absolute atomic E-state index is 14.0. The molecule has 8 rings (SSSR count). The van der Waals surface area contributed by atoms with Crippen molar-refractivity contribution in [3.63, 3.8) is 0 Å². The summed E-state index contributed by atoms with van der Waals surface area (Å²) in [6.45, 7) is 6.75. The van der Waals surface area contributed by atoms with Crippen LogP contribution in [0.3, 0.4) is 0 Å². The molecule has 3 atom stereocenters.